The zero-order valence-electron chi connectivity index (χ0n) is 27.4. The number of benzene rings is 7. The van der Waals surface area contributed by atoms with E-state index >= 15 is 0 Å². The maximum atomic E-state index is 5.21. The Bertz CT molecular complexity index is 3130. The number of aromatic nitrogens is 4. The molecule has 11 rings (SSSR count). The fourth-order valence-electron chi connectivity index (χ4n) is 7.76. The lowest BCUT2D eigenvalue weighted by Gasteiger charge is -2.12. The van der Waals surface area contributed by atoms with Crippen LogP contribution in [0.5, 0.6) is 0 Å². The molecule has 0 bridgehead atoms. The van der Waals surface area contributed by atoms with Gasteiger partial charge in [0.2, 0.25) is 0 Å². The molecule has 5 heteroatoms. The predicted molar refractivity (Wildman–Crippen MR) is 214 cm³/mol. The van der Waals surface area contributed by atoms with Crippen molar-refractivity contribution in [3.05, 3.63) is 170 Å². The third-order valence-electron chi connectivity index (χ3n) is 10.1. The third kappa shape index (κ3) is 4.38. The Morgan fingerprint density at radius 1 is 0.431 bits per heavy atom. The maximum Gasteiger partial charge on any atom is 0.160 e. The summed E-state index contributed by atoms with van der Waals surface area (Å²) in [6.45, 7) is 0. The lowest BCUT2D eigenvalue weighted by molar-refractivity contribution is 1.12. The predicted octanol–water partition coefficient (Wildman–Crippen LogP) is 12.4. The average Bonchev–Trinajstić information content (AvgIpc) is 3.87. The number of hydrogen-bond donors (Lipinski definition) is 0. The fraction of sp³-hybridized carbons (Fsp3) is 0. The summed E-state index contributed by atoms with van der Waals surface area (Å²) in [5.74, 6) is 0.710. The Hall–Kier alpha value is -6.56. The van der Waals surface area contributed by atoms with Crippen LogP contribution in [0.4, 0.5) is 0 Å². The van der Waals surface area contributed by atoms with E-state index in [2.05, 4.69) is 167 Å². The molecule has 0 saturated carbocycles. The summed E-state index contributed by atoms with van der Waals surface area (Å²) in [6, 6.07) is 58.5. The van der Waals surface area contributed by atoms with Gasteiger partial charge < -0.3 is 9.13 Å². The molecule has 0 aliphatic carbocycles. The van der Waals surface area contributed by atoms with E-state index in [1.54, 1.807) is 0 Å². The van der Waals surface area contributed by atoms with Gasteiger partial charge in [0, 0.05) is 70.4 Å². The van der Waals surface area contributed by atoms with Crippen LogP contribution in [0.25, 0.3) is 97.8 Å². The minimum atomic E-state index is 0.710. The number of nitrogens with zero attached hydrogens (tertiary/aromatic N) is 4. The SMILES string of the molecule is c1ccc(-c2nc(-c3cccc(-n4c5cc6c(cc5c5cc7ccn(-c8ccccc8)c7cc54)sc4ccccc46)c3)nc3ccccc23)cc1. The first-order valence-electron chi connectivity index (χ1n) is 17.2. The van der Waals surface area contributed by atoms with E-state index in [1.807, 2.05) is 23.5 Å². The molecule has 4 heterocycles. The van der Waals surface area contributed by atoms with E-state index < -0.39 is 0 Å². The quantitative estimate of drug-likeness (QED) is 0.187. The van der Waals surface area contributed by atoms with Crippen LogP contribution in [0.15, 0.2) is 170 Å². The molecule has 238 valence electrons. The molecule has 7 aromatic carbocycles. The van der Waals surface area contributed by atoms with Gasteiger partial charge in [0.1, 0.15) is 0 Å². The highest BCUT2D eigenvalue weighted by molar-refractivity contribution is 7.25. The second-order valence-electron chi connectivity index (χ2n) is 13.1. The van der Waals surface area contributed by atoms with E-state index in [4.69, 9.17) is 9.97 Å². The second-order valence-corrected chi connectivity index (χ2v) is 14.2. The number of para-hydroxylation sites is 2. The van der Waals surface area contributed by atoms with Crippen LogP contribution >= 0.6 is 11.3 Å². The van der Waals surface area contributed by atoms with Gasteiger partial charge in [0.25, 0.3) is 0 Å². The van der Waals surface area contributed by atoms with Crippen LogP contribution in [0.2, 0.25) is 0 Å². The fourth-order valence-corrected chi connectivity index (χ4v) is 8.89. The molecule has 51 heavy (non-hydrogen) atoms. The monoisotopic (exact) mass is 668 g/mol. The van der Waals surface area contributed by atoms with Crippen molar-refractivity contribution in [1.29, 1.82) is 0 Å². The molecule has 0 unspecified atom stereocenters. The molecule has 0 N–H and O–H groups in total. The molecule has 4 aromatic heterocycles. The number of fused-ring (bicyclic) bond motifs is 8. The lowest BCUT2D eigenvalue weighted by atomic mass is 10.1. The zero-order valence-corrected chi connectivity index (χ0v) is 28.2. The van der Waals surface area contributed by atoms with Crippen molar-refractivity contribution in [1.82, 2.24) is 19.1 Å². The van der Waals surface area contributed by atoms with Crippen molar-refractivity contribution < 1.29 is 0 Å². The van der Waals surface area contributed by atoms with Crippen LogP contribution in [0, 0.1) is 0 Å². The molecule has 0 fully saturated rings. The standard InChI is InChI=1S/C46H28N4S/c1-3-12-29(13-4-1)45-35-19-7-9-20-39(35)47-46(48-45)31-14-11-17-33(24-31)50-41-26-38-34-18-8-10-21-43(34)51-44(38)27-37(41)36-25-30-22-23-49(40(30)28-42(36)50)32-15-5-2-6-16-32/h1-28H. The van der Waals surface area contributed by atoms with Crippen molar-refractivity contribution in [2.45, 2.75) is 0 Å². The minimum absolute atomic E-state index is 0.710. The molecule has 11 aromatic rings. The highest BCUT2D eigenvalue weighted by Gasteiger charge is 2.19. The van der Waals surface area contributed by atoms with E-state index in [0.29, 0.717) is 5.82 Å². The Kier molecular flexibility index (Phi) is 6.09. The second kappa shape index (κ2) is 11.0. The molecule has 0 aliphatic heterocycles. The minimum Gasteiger partial charge on any atom is -0.316 e. The Morgan fingerprint density at radius 2 is 1.14 bits per heavy atom. The van der Waals surface area contributed by atoms with Crippen molar-refractivity contribution in [2.75, 3.05) is 0 Å². The van der Waals surface area contributed by atoms with Crippen LogP contribution in [0.3, 0.4) is 0 Å². The summed E-state index contributed by atoms with van der Waals surface area (Å²) < 4.78 is 7.33. The molecule has 4 nitrogen and oxygen atoms in total. The van der Waals surface area contributed by atoms with Crippen molar-refractivity contribution in [3.8, 4) is 34.0 Å². The van der Waals surface area contributed by atoms with Crippen LogP contribution in [-0.2, 0) is 0 Å². The van der Waals surface area contributed by atoms with Gasteiger partial charge >= 0.3 is 0 Å². The van der Waals surface area contributed by atoms with Gasteiger partial charge in [-0.1, -0.05) is 97.1 Å². The van der Waals surface area contributed by atoms with Crippen LogP contribution in [0.1, 0.15) is 0 Å². The Labute approximate surface area is 297 Å². The summed E-state index contributed by atoms with van der Waals surface area (Å²) in [5.41, 5.74) is 9.65. The summed E-state index contributed by atoms with van der Waals surface area (Å²) in [7, 11) is 0. The van der Waals surface area contributed by atoms with Crippen molar-refractivity contribution in [2.24, 2.45) is 0 Å². The first-order chi connectivity index (χ1) is 25.3. The van der Waals surface area contributed by atoms with Crippen LogP contribution < -0.4 is 0 Å². The average molecular weight is 669 g/mol. The van der Waals surface area contributed by atoms with Gasteiger partial charge in [0.05, 0.1) is 27.8 Å². The molecular weight excluding hydrogens is 641 g/mol. The molecule has 0 aliphatic rings. The summed E-state index contributed by atoms with van der Waals surface area (Å²) in [6.07, 6.45) is 2.18. The number of thiophene rings is 1. The largest absolute Gasteiger partial charge is 0.316 e. The molecule has 0 radical (unpaired) electrons. The van der Waals surface area contributed by atoms with Gasteiger partial charge in [-0.3, -0.25) is 0 Å². The molecule has 0 saturated heterocycles. The summed E-state index contributed by atoms with van der Waals surface area (Å²) in [4.78, 5) is 10.3. The van der Waals surface area contributed by atoms with Crippen molar-refractivity contribution >= 4 is 75.1 Å². The van der Waals surface area contributed by atoms with E-state index in [-0.39, 0.29) is 0 Å². The lowest BCUT2D eigenvalue weighted by Crippen LogP contribution is -1.98. The first kappa shape index (κ1) is 28.3. The zero-order chi connectivity index (χ0) is 33.5. The highest BCUT2D eigenvalue weighted by Crippen LogP contribution is 2.42. The molecule has 0 amide bonds. The molecule has 0 atom stereocenters. The van der Waals surface area contributed by atoms with Crippen LogP contribution in [-0.4, -0.2) is 19.1 Å². The van der Waals surface area contributed by atoms with Gasteiger partial charge in [-0.15, -0.1) is 11.3 Å². The Morgan fingerprint density at radius 3 is 2.02 bits per heavy atom. The van der Waals surface area contributed by atoms with Gasteiger partial charge in [0.15, 0.2) is 5.82 Å². The highest BCUT2D eigenvalue weighted by atomic mass is 32.1. The van der Waals surface area contributed by atoms with E-state index in [9.17, 15) is 0 Å². The summed E-state index contributed by atoms with van der Waals surface area (Å²) >= 11 is 1.87. The third-order valence-corrected chi connectivity index (χ3v) is 11.3. The molecule has 0 spiro atoms. The van der Waals surface area contributed by atoms with Gasteiger partial charge in [-0.05, 0) is 66.7 Å². The smallest absolute Gasteiger partial charge is 0.160 e. The number of hydrogen-bond acceptors (Lipinski definition) is 3. The first-order valence-corrected chi connectivity index (χ1v) is 18.0. The van der Waals surface area contributed by atoms with Gasteiger partial charge in [-0.2, -0.15) is 0 Å². The number of rotatable bonds is 4. The summed E-state index contributed by atoms with van der Waals surface area (Å²) in [5, 5.41) is 7.33. The van der Waals surface area contributed by atoms with E-state index in [0.717, 1.165) is 44.6 Å². The molecular formula is C46H28N4S. The topological polar surface area (TPSA) is 35.6 Å². The normalized spacial score (nSPS) is 11.9. The maximum absolute atomic E-state index is 5.21. The Balaban J connectivity index is 1.19. The van der Waals surface area contributed by atoms with E-state index in [1.165, 1.54) is 47.4 Å². The van der Waals surface area contributed by atoms with Gasteiger partial charge in [-0.25, -0.2) is 9.97 Å². The van der Waals surface area contributed by atoms with Crippen molar-refractivity contribution in [3.63, 3.8) is 0 Å².